The number of carbonyl (C=O) groups excluding carboxylic acids is 1. The Morgan fingerprint density at radius 1 is 1.10 bits per heavy atom. The predicted octanol–water partition coefficient (Wildman–Crippen LogP) is 4.72. The summed E-state index contributed by atoms with van der Waals surface area (Å²) in [4.78, 5) is 18.4. The van der Waals surface area contributed by atoms with Crippen molar-refractivity contribution >= 4 is 29.5 Å². The van der Waals surface area contributed by atoms with Gasteiger partial charge < -0.3 is 9.88 Å². The van der Waals surface area contributed by atoms with Crippen molar-refractivity contribution in [1.29, 1.82) is 0 Å². The van der Waals surface area contributed by atoms with Crippen LogP contribution in [0, 0.1) is 4.77 Å². The zero-order valence-corrected chi connectivity index (χ0v) is 18.1. The lowest BCUT2D eigenvalue weighted by Crippen LogP contribution is -2.26. The first kappa shape index (κ1) is 20.2. The molecule has 1 amide bonds. The number of thiazole rings is 1. The maximum absolute atomic E-state index is 13.0. The first-order valence-corrected chi connectivity index (χ1v) is 10.9. The molecule has 8 heteroatoms. The highest BCUT2D eigenvalue weighted by atomic mass is 32.1. The van der Waals surface area contributed by atoms with Crippen LogP contribution >= 0.6 is 23.6 Å². The number of aromatic amines is 1. The van der Waals surface area contributed by atoms with E-state index in [0.717, 1.165) is 28.5 Å². The molecule has 4 aromatic rings. The van der Waals surface area contributed by atoms with E-state index in [4.69, 9.17) is 17.2 Å². The Kier molecular flexibility index (Phi) is 6.15. The van der Waals surface area contributed by atoms with Gasteiger partial charge in [-0.15, -0.1) is 11.3 Å². The number of rotatable bonds is 7. The Bertz CT molecular complexity index is 1200. The number of carbonyl (C=O) groups is 1. The first-order valence-electron chi connectivity index (χ1n) is 9.71. The number of hydrogen-bond acceptors (Lipinski definition) is 5. The van der Waals surface area contributed by atoms with E-state index < -0.39 is 0 Å². The molecular formula is C22H21N5OS2. The fraction of sp³-hybridized carbons (Fsp3) is 0.182. The minimum absolute atomic E-state index is 0.134. The summed E-state index contributed by atoms with van der Waals surface area (Å²) in [5.41, 5.74) is 2.62. The molecule has 0 saturated carbocycles. The van der Waals surface area contributed by atoms with Crippen molar-refractivity contribution < 1.29 is 4.79 Å². The molecule has 152 valence electrons. The van der Waals surface area contributed by atoms with Gasteiger partial charge in [-0.05, 0) is 19.1 Å². The van der Waals surface area contributed by atoms with Crippen LogP contribution in [0.4, 0.5) is 0 Å². The molecule has 2 aromatic carbocycles. The third kappa shape index (κ3) is 4.24. The second-order valence-electron chi connectivity index (χ2n) is 6.62. The molecule has 0 atom stereocenters. The average Bonchev–Trinajstić information content (AvgIpc) is 3.39. The van der Waals surface area contributed by atoms with E-state index >= 15 is 0 Å². The highest BCUT2D eigenvalue weighted by Gasteiger charge is 2.20. The molecule has 0 saturated heterocycles. The zero-order valence-electron chi connectivity index (χ0n) is 16.5. The van der Waals surface area contributed by atoms with Gasteiger partial charge in [0.05, 0.1) is 5.69 Å². The number of nitrogens with one attached hydrogen (secondary N) is 2. The van der Waals surface area contributed by atoms with Gasteiger partial charge in [0.25, 0.3) is 5.91 Å². The highest BCUT2D eigenvalue weighted by Crippen LogP contribution is 2.33. The molecule has 4 rings (SSSR count). The molecular weight excluding hydrogens is 414 g/mol. The minimum Gasteiger partial charge on any atom is -0.351 e. The maximum atomic E-state index is 13.0. The molecule has 2 aromatic heterocycles. The van der Waals surface area contributed by atoms with Gasteiger partial charge in [0.1, 0.15) is 15.7 Å². The van der Waals surface area contributed by atoms with E-state index in [1.807, 2.05) is 72.2 Å². The number of nitrogens with zero attached hydrogens (tertiary/aromatic N) is 3. The minimum atomic E-state index is -0.134. The number of hydrogen-bond donors (Lipinski definition) is 2. The van der Waals surface area contributed by atoms with Crippen LogP contribution in [0.5, 0.6) is 0 Å². The van der Waals surface area contributed by atoms with Crippen molar-refractivity contribution in [3.8, 4) is 21.8 Å². The lowest BCUT2D eigenvalue weighted by Gasteiger charge is -2.06. The molecule has 30 heavy (non-hydrogen) atoms. The second kappa shape index (κ2) is 9.15. The van der Waals surface area contributed by atoms with Crippen molar-refractivity contribution in [3.63, 3.8) is 0 Å². The van der Waals surface area contributed by atoms with Gasteiger partial charge in [-0.3, -0.25) is 9.89 Å². The first-order chi connectivity index (χ1) is 14.7. The molecule has 2 heterocycles. The summed E-state index contributed by atoms with van der Waals surface area (Å²) in [5.74, 6) is 0.700. The molecule has 0 spiro atoms. The third-order valence-corrected chi connectivity index (χ3v) is 6.10. The Labute approximate surface area is 183 Å². The van der Waals surface area contributed by atoms with Gasteiger partial charge in [0.15, 0.2) is 4.77 Å². The summed E-state index contributed by atoms with van der Waals surface area (Å²) in [6.45, 7) is 3.22. The number of H-pyrrole nitrogens is 1. The summed E-state index contributed by atoms with van der Waals surface area (Å²) >= 11 is 6.63. The quantitative estimate of drug-likeness (QED) is 0.412. The predicted molar refractivity (Wildman–Crippen MR) is 122 cm³/mol. The Balaban J connectivity index is 1.58. The Morgan fingerprint density at radius 3 is 2.43 bits per heavy atom. The molecule has 0 aliphatic rings. The van der Waals surface area contributed by atoms with E-state index in [2.05, 4.69) is 15.5 Å². The highest BCUT2D eigenvalue weighted by molar-refractivity contribution is 7.71. The normalized spacial score (nSPS) is 10.8. The lowest BCUT2D eigenvalue weighted by molar-refractivity contribution is 0.0958. The third-order valence-electron chi connectivity index (χ3n) is 4.69. The van der Waals surface area contributed by atoms with Crippen LogP contribution in [0.25, 0.3) is 21.8 Å². The largest absolute Gasteiger partial charge is 0.351 e. The molecule has 0 unspecified atom stereocenters. The van der Waals surface area contributed by atoms with Gasteiger partial charge in [0, 0.05) is 30.6 Å². The van der Waals surface area contributed by atoms with Crippen LogP contribution in [-0.2, 0) is 13.0 Å². The van der Waals surface area contributed by atoms with Crippen molar-refractivity contribution in [1.82, 2.24) is 25.1 Å². The molecule has 0 aliphatic carbocycles. The van der Waals surface area contributed by atoms with Crippen LogP contribution in [-0.4, -0.2) is 32.2 Å². The Morgan fingerprint density at radius 2 is 1.77 bits per heavy atom. The van der Waals surface area contributed by atoms with Crippen LogP contribution in [0.15, 0.2) is 60.7 Å². The van der Waals surface area contributed by atoms with Gasteiger partial charge in [-0.1, -0.05) is 60.7 Å². The fourth-order valence-corrected chi connectivity index (χ4v) is 4.49. The summed E-state index contributed by atoms with van der Waals surface area (Å²) in [6, 6.07) is 19.7. The zero-order chi connectivity index (χ0) is 20.9. The summed E-state index contributed by atoms with van der Waals surface area (Å²) in [7, 11) is 0. The molecule has 0 radical (unpaired) electrons. The van der Waals surface area contributed by atoms with Crippen molar-refractivity contribution in [3.05, 3.63) is 76.1 Å². The summed E-state index contributed by atoms with van der Waals surface area (Å²) < 4.78 is 2.53. The Hall–Kier alpha value is -3.10. The van der Waals surface area contributed by atoms with Crippen LogP contribution < -0.4 is 5.32 Å². The molecule has 6 nitrogen and oxygen atoms in total. The summed E-state index contributed by atoms with van der Waals surface area (Å²) in [5, 5.41) is 10.9. The standard InChI is InChI=1S/C22H21N5OS2/c1-2-27-17(25-26-22(27)29)13-14-23-20(28)19-18(15-9-5-3-6-10-15)24-21(30-19)16-11-7-4-8-12-16/h3-12H,2,13-14H2,1H3,(H,23,28)(H,26,29). The average molecular weight is 436 g/mol. The maximum Gasteiger partial charge on any atom is 0.263 e. The van der Waals surface area contributed by atoms with Crippen LogP contribution in [0.1, 0.15) is 22.4 Å². The fourth-order valence-electron chi connectivity index (χ4n) is 3.21. The SMILES string of the molecule is CCn1c(CCNC(=O)c2sc(-c3ccccc3)nc2-c2ccccc2)n[nH]c1=S. The summed E-state index contributed by atoms with van der Waals surface area (Å²) in [6.07, 6.45) is 0.595. The molecule has 0 bridgehead atoms. The van der Waals surface area contributed by atoms with Gasteiger partial charge in [-0.25, -0.2) is 4.98 Å². The lowest BCUT2D eigenvalue weighted by atomic mass is 10.1. The van der Waals surface area contributed by atoms with E-state index in [-0.39, 0.29) is 5.91 Å². The molecule has 0 aliphatic heterocycles. The van der Waals surface area contributed by atoms with E-state index in [9.17, 15) is 4.79 Å². The molecule has 2 N–H and O–H groups in total. The topological polar surface area (TPSA) is 75.6 Å². The van der Waals surface area contributed by atoms with Crippen LogP contribution in [0.3, 0.4) is 0 Å². The van der Waals surface area contributed by atoms with Gasteiger partial charge in [0.2, 0.25) is 0 Å². The number of benzene rings is 2. The number of amides is 1. The van der Waals surface area contributed by atoms with E-state index in [1.165, 1.54) is 11.3 Å². The van der Waals surface area contributed by atoms with Crippen molar-refractivity contribution in [2.24, 2.45) is 0 Å². The van der Waals surface area contributed by atoms with E-state index in [0.29, 0.717) is 28.3 Å². The van der Waals surface area contributed by atoms with Gasteiger partial charge in [-0.2, -0.15) is 5.10 Å². The second-order valence-corrected chi connectivity index (χ2v) is 8.01. The number of aromatic nitrogens is 4. The van der Waals surface area contributed by atoms with E-state index in [1.54, 1.807) is 0 Å². The van der Waals surface area contributed by atoms with Crippen LogP contribution in [0.2, 0.25) is 0 Å². The molecule has 0 fully saturated rings. The van der Waals surface area contributed by atoms with Crippen molar-refractivity contribution in [2.45, 2.75) is 19.9 Å². The monoisotopic (exact) mass is 435 g/mol. The van der Waals surface area contributed by atoms with Crippen molar-refractivity contribution in [2.75, 3.05) is 6.54 Å². The van der Waals surface area contributed by atoms with Gasteiger partial charge >= 0.3 is 0 Å². The smallest absolute Gasteiger partial charge is 0.263 e.